The highest BCUT2D eigenvalue weighted by Gasteiger charge is 2.37. The molecule has 16 heavy (non-hydrogen) atoms. The van der Waals surface area contributed by atoms with Gasteiger partial charge in [-0.25, -0.2) is 0 Å². The lowest BCUT2D eigenvalue weighted by atomic mass is 9.69. The summed E-state index contributed by atoms with van der Waals surface area (Å²) in [6.07, 6.45) is 2.90. The van der Waals surface area contributed by atoms with Gasteiger partial charge in [0.25, 0.3) is 0 Å². The Morgan fingerprint density at radius 2 is 1.81 bits per heavy atom. The summed E-state index contributed by atoms with van der Waals surface area (Å²) in [5, 5.41) is 9.25. The van der Waals surface area contributed by atoms with E-state index in [1.807, 2.05) is 11.9 Å². The van der Waals surface area contributed by atoms with Crippen LogP contribution in [0.5, 0.6) is 0 Å². The molecule has 0 aromatic heterocycles. The Hall–Kier alpha value is -0.570. The first-order valence-corrected chi connectivity index (χ1v) is 6.06. The van der Waals surface area contributed by atoms with Crippen molar-refractivity contribution in [2.24, 2.45) is 10.8 Å². The third-order valence-corrected chi connectivity index (χ3v) is 3.66. The molecule has 1 N–H and O–H groups in total. The van der Waals surface area contributed by atoms with Crippen molar-refractivity contribution in [3.8, 4) is 0 Å². The van der Waals surface area contributed by atoms with Crippen LogP contribution in [0.3, 0.4) is 0 Å². The zero-order chi connectivity index (χ0) is 12.6. The number of likely N-dealkylation sites (N-methyl/N-ethyl adjacent to an activating group) is 1. The van der Waals surface area contributed by atoms with Crippen LogP contribution in [0.2, 0.25) is 0 Å². The monoisotopic (exact) mass is 227 g/mol. The first-order valence-electron chi connectivity index (χ1n) is 6.06. The Balaban J connectivity index is 2.87. The van der Waals surface area contributed by atoms with Crippen LogP contribution in [0.25, 0.3) is 0 Å². The Morgan fingerprint density at radius 1 is 1.25 bits per heavy atom. The molecule has 0 aromatic rings. The van der Waals surface area contributed by atoms with Crippen LogP contribution in [-0.2, 0) is 4.79 Å². The minimum absolute atomic E-state index is 0.0984. The molecule has 0 amide bonds. The standard InChI is InChI=1S/C13H25NO2/c1-12(2)6-7-14(5)10(11(15)16)8-13(3,4)9-12/h10H,6-9H2,1-5H3,(H,15,16). The van der Waals surface area contributed by atoms with Crippen molar-refractivity contribution in [3.05, 3.63) is 0 Å². The number of rotatable bonds is 1. The van der Waals surface area contributed by atoms with E-state index >= 15 is 0 Å². The summed E-state index contributed by atoms with van der Waals surface area (Å²) < 4.78 is 0. The topological polar surface area (TPSA) is 40.5 Å². The summed E-state index contributed by atoms with van der Waals surface area (Å²) in [6, 6.07) is -0.328. The second kappa shape index (κ2) is 4.36. The van der Waals surface area contributed by atoms with Gasteiger partial charge in [-0.1, -0.05) is 27.7 Å². The maximum Gasteiger partial charge on any atom is 0.320 e. The quantitative estimate of drug-likeness (QED) is 0.748. The molecule has 3 heteroatoms. The highest BCUT2D eigenvalue weighted by Crippen LogP contribution is 2.41. The SMILES string of the molecule is CN1CCC(C)(C)CC(C)(C)CC1C(=O)O. The molecular formula is C13H25NO2. The van der Waals surface area contributed by atoms with E-state index in [0.717, 1.165) is 25.8 Å². The van der Waals surface area contributed by atoms with Crippen molar-refractivity contribution in [2.75, 3.05) is 13.6 Å². The van der Waals surface area contributed by atoms with Crippen molar-refractivity contribution in [1.29, 1.82) is 0 Å². The third kappa shape index (κ3) is 3.48. The van der Waals surface area contributed by atoms with Gasteiger partial charge in [0.15, 0.2) is 0 Å². The zero-order valence-electron chi connectivity index (χ0n) is 11.2. The van der Waals surface area contributed by atoms with Crippen LogP contribution in [0, 0.1) is 10.8 Å². The number of hydrogen-bond donors (Lipinski definition) is 1. The van der Waals surface area contributed by atoms with E-state index in [9.17, 15) is 9.90 Å². The first-order chi connectivity index (χ1) is 7.13. The van der Waals surface area contributed by atoms with Crippen LogP contribution in [-0.4, -0.2) is 35.6 Å². The number of hydrogen-bond acceptors (Lipinski definition) is 2. The highest BCUT2D eigenvalue weighted by atomic mass is 16.4. The molecule has 0 aliphatic carbocycles. The predicted octanol–water partition coefficient (Wildman–Crippen LogP) is 2.61. The molecule has 94 valence electrons. The summed E-state index contributed by atoms with van der Waals surface area (Å²) >= 11 is 0. The van der Waals surface area contributed by atoms with Crippen LogP contribution < -0.4 is 0 Å². The lowest BCUT2D eigenvalue weighted by Crippen LogP contribution is -2.46. The van der Waals surface area contributed by atoms with Crippen LogP contribution in [0.4, 0.5) is 0 Å². The molecule has 0 aromatic carbocycles. The normalized spacial score (nSPS) is 30.4. The summed E-state index contributed by atoms with van der Waals surface area (Å²) in [7, 11) is 1.93. The van der Waals surface area contributed by atoms with Gasteiger partial charge in [-0.15, -0.1) is 0 Å². The smallest absolute Gasteiger partial charge is 0.320 e. The van der Waals surface area contributed by atoms with E-state index < -0.39 is 5.97 Å². The van der Waals surface area contributed by atoms with E-state index in [0.29, 0.717) is 5.41 Å². The van der Waals surface area contributed by atoms with Crippen LogP contribution in [0.1, 0.15) is 47.0 Å². The molecule has 1 atom stereocenters. The fourth-order valence-corrected chi connectivity index (χ4v) is 3.05. The fraction of sp³-hybridized carbons (Fsp3) is 0.923. The van der Waals surface area contributed by atoms with Crippen molar-refractivity contribution in [1.82, 2.24) is 4.90 Å². The van der Waals surface area contributed by atoms with E-state index in [1.165, 1.54) is 0 Å². The van der Waals surface area contributed by atoms with Gasteiger partial charge >= 0.3 is 5.97 Å². The zero-order valence-corrected chi connectivity index (χ0v) is 11.2. The molecule has 0 radical (unpaired) electrons. The molecule has 1 saturated heterocycles. The maximum absolute atomic E-state index is 11.2. The molecule has 1 unspecified atom stereocenters. The molecular weight excluding hydrogens is 202 g/mol. The average molecular weight is 227 g/mol. The number of carboxylic acid groups (broad SMARTS) is 1. The number of carboxylic acids is 1. The lowest BCUT2D eigenvalue weighted by molar-refractivity contribution is -0.145. The van der Waals surface area contributed by atoms with Gasteiger partial charge < -0.3 is 5.11 Å². The average Bonchev–Trinajstić information content (AvgIpc) is 2.07. The van der Waals surface area contributed by atoms with E-state index in [2.05, 4.69) is 27.7 Å². The second-order valence-electron chi connectivity index (χ2n) is 6.79. The minimum atomic E-state index is -0.685. The van der Waals surface area contributed by atoms with Crippen molar-refractivity contribution >= 4 is 5.97 Å². The van der Waals surface area contributed by atoms with Gasteiger partial charge in [0.1, 0.15) is 6.04 Å². The molecule has 1 aliphatic rings. The largest absolute Gasteiger partial charge is 0.480 e. The van der Waals surface area contributed by atoms with Crippen molar-refractivity contribution in [3.63, 3.8) is 0 Å². The molecule has 1 fully saturated rings. The van der Waals surface area contributed by atoms with Gasteiger partial charge in [-0.3, -0.25) is 9.69 Å². The highest BCUT2D eigenvalue weighted by molar-refractivity contribution is 5.73. The van der Waals surface area contributed by atoms with Gasteiger partial charge in [-0.2, -0.15) is 0 Å². The summed E-state index contributed by atoms with van der Waals surface area (Å²) in [4.78, 5) is 13.2. The summed E-state index contributed by atoms with van der Waals surface area (Å²) in [5.74, 6) is -0.685. The lowest BCUT2D eigenvalue weighted by Gasteiger charge is -2.42. The molecule has 0 spiro atoms. The maximum atomic E-state index is 11.2. The van der Waals surface area contributed by atoms with Crippen LogP contribution in [0.15, 0.2) is 0 Å². The number of carbonyl (C=O) groups is 1. The van der Waals surface area contributed by atoms with Crippen LogP contribution >= 0.6 is 0 Å². The Morgan fingerprint density at radius 3 is 2.31 bits per heavy atom. The molecule has 1 heterocycles. The first kappa shape index (κ1) is 13.5. The molecule has 1 aliphatic heterocycles. The van der Waals surface area contributed by atoms with E-state index in [1.54, 1.807) is 0 Å². The Bertz CT molecular complexity index is 271. The molecule has 0 saturated carbocycles. The van der Waals surface area contributed by atoms with Gasteiger partial charge in [0.05, 0.1) is 0 Å². The second-order valence-corrected chi connectivity index (χ2v) is 6.79. The predicted molar refractivity (Wildman–Crippen MR) is 65.5 cm³/mol. The van der Waals surface area contributed by atoms with Gasteiger partial charge in [0.2, 0.25) is 0 Å². The Kier molecular flexibility index (Phi) is 3.68. The van der Waals surface area contributed by atoms with Crippen molar-refractivity contribution < 1.29 is 9.90 Å². The molecule has 3 nitrogen and oxygen atoms in total. The number of aliphatic carboxylic acids is 1. The van der Waals surface area contributed by atoms with Gasteiger partial charge in [0, 0.05) is 0 Å². The Labute approximate surface area is 98.8 Å². The van der Waals surface area contributed by atoms with Gasteiger partial charge in [-0.05, 0) is 43.7 Å². The molecule has 1 rings (SSSR count). The fourth-order valence-electron chi connectivity index (χ4n) is 3.05. The number of nitrogens with zero attached hydrogens (tertiary/aromatic N) is 1. The third-order valence-electron chi connectivity index (χ3n) is 3.66. The van der Waals surface area contributed by atoms with E-state index in [4.69, 9.17) is 0 Å². The minimum Gasteiger partial charge on any atom is -0.480 e. The summed E-state index contributed by atoms with van der Waals surface area (Å²) in [6.45, 7) is 9.81. The molecule has 0 bridgehead atoms. The number of likely N-dealkylation sites (tertiary alicyclic amines) is 1. The summed E-state index contributed by atoms with van der Waals surface area (Å²) in [5.41, 5.74) is 0.405. The van der Waals surface area contributed by atoms with E-state index in [-0.39, 0.29) is 11.5 Å². The van der Waals surface area contributed by atoms with Crippen molar-refractivity contribution in [2.45, 2.75) is 53.0 Å².